The van der Waals surface area contributed by atoms with Crippen molar-refractivity contribution in [1.82, 2.24) is 10.2 Å². The van der Waals surface area contributed by atoms with Crippen LogP contribution in [-0.4, -0.2) is 41.1 Å². The molecule has 18 heavy (non-hydrogen) atoms. The largest absolute Gasteiger partial charge is 0.481 e. The summed E-state index contributed by atoms with van der Waals surface area (Å²) in [6.45, 7) is 9.22. The van der Waals surface area contributed by atoms with E-state index in [2.05, 4.69) is 26.1 Å². The van der Waals surface area contributed by atoms with Crippen LogP contribution in [0.1, 0.15) is 40.5 Å². The molecule has 0 radical (unpaired) electrons. The molecular weight excluding hydrogens is 232 g/mol. The first kappa shape index (κ1) is 14.8. The van der Waals surface area contributed by atoms with Crippen molar-refractivity contribution >= 4 is 12.0 Å². The third kappa shape index (κ3) is 3.37. The van der Waals surface area contributed by atoms with E-state index in [1.54, 1.807) is 11.8 Å². The summed E-state index contributed by atoms with van der Waals surface area (Å²) in [5.74, 6) is -1.25. The Morgan fingerprint density at radius 1 is 1.44 bits per heavy atom. The predicted octanol–water partition coefficient (Wildman–Crippen LogP) is 1.93. The monoisotopic (exact) mass is 256 g/mol. The van der Waals surface area contributed by atoms with Crippen LogP contribution in [0.3, 0.4) is 0 Å². The topological polar surface area (TPSA) is 69.6 Å². The van der Waals surface area contributed by atoms with Crippen molar-refractivity contribution in [3.8, 4) is 0 Å². The van der Waals surface area contributed by atoms with Crippen LogP contribution in [0.4, 0.5) is 4.79 Å². The zero-order valence-corrected chi connectivity index (χ0v) is 11.7. The minimum absolute atomic E-state index is 0.0742. The number of likely N-dealkylation sites (tertiary alicyclic amines) is 1. The molecule has 0 spiro atoms. The molecule has 1 heterocycles. The van der Waals surface area contributed by atoms with Crippen LogP contribution >= 0.6 is 0 Å². The maximum atomic E-state index is 12.0. The standard InChI is InChI=1S/C13H24N2O3/c1-5-13(3,4)8-14-12(18)15-7-6-10(9(15)2)11(16)17/h9-10H,5-8H2,1-4H3,(H,14,18)(H,16,17). The SMILES string of the molecule is CCC(C)(C)CNC(=O)N1CCC(C(=O)O)C1C. The molecule has 2 atom stereocenters. The summed E-state index contributed by atoms with van der Waals surface area (Å²) >= 11 is 0. The summed E-state index contributed by atoms with van der Waals surface area (Å²) in [5, 5.41) is 11.9. The first-order valence-electron chi connectivity index (χ1n) is 6.56. The molecule has 5 nitrogen and oxygen atoms in total. The molecular formula is C13H24N2O3. The molecule has 5 heteroatoms. The van der Waals surface area contributed by atoms with E-state index in [0.717, 1.165) is 6.42 Å². The van der Waals surface area contributed by atoms with E-state index in [9.17, 15) is 9.59 Å². The van der Waals surface area contributed by atoms with Crippen LogP contribution in [-0.2, 0) is 4.79 Å². The average molecular weight is 256 g/mol. The highest BCUT2D eigenvalue weighted by molar-refractivity contribution is 5.78. The van der Waals surface area contributed by atoms with Gasteiger partial charge in [-0.25, -0.2) is 4.79 Å². The number of urea groups is 1. The van der Waals surface area contributed by atoms with Gasteiger partial charge in [0.05, 0.1) is 5.92 Å². The summed E-state index contributed by atoms with van der Waals surface area (Å²) in [4.78, 5) is 24.6. The molecule has 2 N–H and O–H groups in total. The van der Waals surface area contributed by atoms with Gasteiger partial charge in [0.2, 0.25) is 0 Å². The quantitative estimate of drug-likeness (QED) is 0.807. The molecule has 1 aliphatic rings. The third-order valence-corrected chi connectivity index (χ3v) is 4.01. The molecule has 2 amide bonds. The minimum Gasteiger partial charge on any atom is -0.481 e. The van der Waals surface area contributed by atoms with Crippen molar-refractivity contribution in [2.75, 3.05) is 13.1 Å². The van der Waals surface area contributed by atoms with E-state index in [1.807, 2.05) is 0 Å². The maximum Gasteiger partial charge on any atom is 0.317 e. The Morgan fingerprint density at radius 2 is 2.06 bits per heavy atom. The number of carbonyl (C=O) groups excluding carboxylic acids is 1. The van der Waals surface area contributed by atoms with Gasteiger partial charge >= 0.3 is 12.0 Å². The fourth-order valence-electron chi connectivity index (χ4n) is 2.10. The molecule has 1 aliphatic heterocycles. The van der Waals surface area contributed by atoms with Gasteiger partial charge in [-0.05, 0) is 25.2 Å². The van der Waals surface area contributed by atoms with Crippen molar-refractivity contribution in [2.45, 2.75) is 46.6 Å². The lowest BCUT2D eigenvalue weighted by Crippen LogP contribution is -2.46. The number of carbonyl (C=O) groups is 2. The first-order valence-corrected chi connectivity index (χ1v) is 6.56. The number of nitrogens with zero attached hydrogens (tertiary/aromatic N) is 1. The second-order valence-corrected chi connectivity index (χ2v) is 5.84. The zero-order chi connectivity index (χ0) is 13.9. The van der Waals surface area contributed by atoms with Crippen LogP contribution in [0.25, 0.3) is 0 Å². The number of aliphatic carboxylic acids is 1. The molecule has 0 aromatic rings. The van der Waals surface area contributed by atoms with Crippen LogP contribution in [0.15, 0.2) is 0 Å². The summed E-state index contributed by atoms with van der Waals surface area (Å²) < 4.78 is 0. The molecule has 104 valence electrons. The number of rotatable bonds is 4. The second kappa shape index (κ2) is 5.59. The molecule has 1 saturated heterocycles. The number of hydrogen-bond donors (Lipinski definition) is 2. The summed E-state index contributed by atoms with van der Waals surface area (Å²) in [5.41, 5.74) is 0.0742. The van der Waals surface area contributed by atoms with Crippen molar-refractivity contribution in [3.05, 3.63) is 0 Å². The van der Waals surface area contributed by atoms with Gasteiger partial charge in [0.25, 0.3) is 0 Å². The number of amides is 2. The van der Waals surface area contributed by atoms with Gasteiger partial charge in [-0.1, -0.05) is 20.8 Å². The van der Waals surface area contributed by atoms with Gasteiger partial charge in [0.15, 0.2) is 0 Å². The van der Waals surface area contributed by atoms with E-state index in [-0.39, 0.29) is 17.5 Å². The van der Waals surface area contributed by atoms with Gasteiger partial charge in [0.1, 0.15) is 0 Å². The van der Waals surface area contributed by atoms with Crippen molar-refractivity contribution in [2.24, 2.45) is 11.3 Å². The molecule has 0 aromatic carbocycles. The highest BCUT2D eigenvalue weighted by Gasteiger charge is 2.38. The smallest absolute Gasteiger partial charge is 0.317 e. The highest BCUT2D eigenvalue weighted by Crippen LogP contribution is 2.24. The van der Waals surface area contributed by atoms with E-state index >= 15 is 0 Å². The fourth-order valence-corrected chi connectivity index (χ4v) is 2.10. The lowest BCUT2D eigenvalue weighted by molar-refractivity contribution is -0.142. The summed E-state index contributed by atoms with van der Waals surface area (Å²) in [7, 11) is 0. The Kier molecular flexibility index (Phi) is 4.59. The van der Waals surface area contributed by atoms with Gasteiger partial charge in [-0.2, -0.15) is 0 Å². The van der Waals surface area contributed by atoms with Gasteiger partial charge in [-0.15, -0.1) is 0 Å². The predicted molar refractivity (Wildman–Crippen MR) is 69.4 cm³/mol. The second-order valence-electron chi connectivity index (χ2n) is 5.84. The maximum absolute atomic E-state index is 12.0. The van der Waals surface area contributed by atoms with Gasteiger partial charge < -0.3 is 15.3 Å². The Labute approximate surface area is 109 Å². The molecule has 1 fully saturated rings. The zero-order valence-electron chi connectivity index (χ0n) is 11.7. The van der Waals surface area contributed by atoms with Crippen molar-refractivity contribution < 1.29 is 14.7 Å². The van der Waals surface area contributed by atoms with Crippen LogP contribution in [0.5, 0.6) is 0 Å². The average Bonchev–Trinajstić information content (AvgIpc) is 2.68. The van der Waals surface area contributed by atoms with Gasteiger partial charge in [-0.3, -0.25) is 4.79 Å². The molecule has 0 aromatic heterocycles. The van der Waals surface area contributed by atoms with E-state index in [1.165, 1.54) is 0 Å². The first-order chi connectivity index (χ1) is 8.28. The number of hydrogen-bond acceptors (Lipinski definition) is 2. The molecule has 2 unspecified atom stereocenters. The lowest BCUT2D eigenvalue weighted by Gasteiger charge is -2.27. The van der Waals surface area contributed by atoms with Crippen LogP contribution in [0.2, 0.25) is 0 Å². The van der Waals surface area contributed by atoms with E-state index in [0.29, 0.717) is 19.5 Å². The number of carboxylic acid groups (broad SMARTS) is 1. The number of nitrogens with one attached hydrogen (secondary N) is 1. The van der Waals surface area contributed by atoms with Crippen LogP contribution < -0.4 is 5.32 Å². The third-order valence-electron chi connectivity index (χ3n) is 4.01. The molecule has 0 saturated carbocycles. The Balaban J connectivity index is 2.51. The van der Waals surface area contributed by atoms with Crippen molar-refractivity contribution in [1.29, 1.82) is 0 Å². The molecule has 1 rings (SSSR count). The Morgan fingerprint density at radius 3 is 2.50 bits per heavy atom. The molecule has 0 bridgehead atoms. The fraction of sp³-hybridized carbons (Fsp3) is 0.846. The van der Waals surface area contributed by atoms with Crippen LogP contribution in [0, 0.1) is 11.3 Å². The van der Waals surface area contributed by atoms with E-state index < -0.39 is 11.9 Å². The summed E-state index contributed by atoms with van der Waals surface area (Å²) in [6.07, 6.45) is 1.53. The Hall–Kier alpha value is -1.26. The summed E-state index contributed by atoms with van der Waals surface area (Å²) in [6, 6.07) is -0.375. The van der Waals surface area contributed by atoms with Gasteiger partial charge in [0, 0.05) is 19.1 Å². The Bertz CT molecular complexity index is 328. The normalized spacial score (nSPS) is 24.1. The highest BCUT2D eigenvalue weighted by atomic mass is 16.4. The van der Waals surface area contributed by atoms with Crippen molar-refractivity contribution in [3.63, 3.8) is 0 Å². The lowest BCUT2D eigenvalue weighted by atomic mass is 9.90. The number of carboxylic acids is 1. The molecule has 0 aliphatic carbocycles. The van der Waals surface area contributed by atoms with E-state index in [4.69, 9.17) is 5.11 Å². The minimum atomic E-state index is -0.813.